The minimum absolute atomic E-state index is 0.158. The Kier molecular flexibility index (Phi) is 6.98. The SMILES string of the molecule is Cn1nc(C(C)(C)C)c2c1N(CC(=O)NCc1ccc(F)cc1)C(=O)CS[C@H]2c1ccc(F)cc1. The summed E-state index contributed by atoms with van der Waals surface area (Å²) >= 11 is 1.45. The lowest BCUT2D eigenvalue weighted by Gasteiger charge is -2.24. The Morgan fingerprint density at radius 3 is 2.29 bits per heavy atom. The zero-order valence-electron chi connectivity index (χ0n) is 20.1. The number of anilines is 1. The van der Waals surface area contributed by atoms with Gasteiger partial charge in [-0.25, -0.2) is 8.78 Å². The third-order valence-electron chi connectivity index (χ3n) is 5.83. The van der Waals surface area contributed by atoms with Gasteiger partial charge in [-0.05, 0) is 35.4 Å². The summed E-state index contributed by atoms with van der Waals surface area (Å²) in [6.45, 7) is 6.20. The van der Waals surface area contributed by atoms with E-state index in [4.69, 9.17) is 5.10 Å². The van der Waals surface area contributed by atoms with Crippen molar-refractivity contribution < 1.29 is 18.4 Å². The number of hydrogen-bond donors (Lipinski definition) is 1. The van der Waals surface area contributed by atoms with Gasteiger partial charge in [-0.15, -0.1) is 11.8 Å². The highest BCUT2D eigenvalue weighted by atomic mass is 32.2. The van der Waals surface area contributed by atoms with E-state index in [0.717, 1.165) is 22.4 Å². The highest BCUT2D eigenvalue weighted by Gasteiger charge is 2.38. The average Bonchev–Trinajstić information content (AvgIpc) is 3.08. The highest BCUT2D eigenvalue weighted by molar-refractivity contribution is 8.00. The number of aryl methyl sites for hydroxylation is 1. The molecule has 1 N–H and O–H groups in total. The molecular formula is C26H28F2N4O2S. The molecule has 4 rings (SSSR count). The van der Waals surface area contributed by atoms with Gasteiger partial charge in [-0.3, -0.25) is 19.2 Å². The molecule has 0 spiro atoms. The van der Waals surface area contributed by atoms with Crippen molar-refractivity contribution in [2.45, 2.75) is 38.0 Å². The van der Waals surface area contributed by atoms with E-state index in [-0.39, 0.29) is 53.0 Å². The average molecular weight is 499 g/mol. The lowest BCUT2D eigenvalue weighted by Crippen LogP contribution is -2.42. The molecule has 0 aliphatic carbocycles. The Morgan fingerprint density at radius 1 is 1.09 bits per heavy atom. The molecule has 3 aromatic rings. The zero-order valence-corrected chi connectivity index (χ0v) is 21.0. The van der Waals surface area contributed by atoms with Crippen molar-refractivity contribution in [3.8, 4) is 0 Å². The van der Waals surface area contributed by atoms with Crippen molar-refractivity contribution in [1.82, 2.24) is 15.1 Å². The van der Waals surface area contributed by atoms with Gasteiger partial charge in [0.2, 0.25) is 11.8 Å². The first kappa shape index (κ1) is 24.9. The monoisotopic (exact) mass is 498 g/mol. The summed E-state index contributed by atoms with van der Waals surface area (Å²) in [5, 5.41) is 7.32. The molecule has 0 saturated carbocycles. The second kappa shape index (κ2) is 9.81. The summed E-state index contributed by atoms with van der Waals surface area (Å²) in [4.78, 5) is 27.6. The van der Waals surface area contributed by atoms with Crippen molar-refractivity contribution in [2.24, 2.45) is 7.05 Å². The fourth-order valence-corrected chi connectivity index (χ4v) is 5.35. The second-order valence-electron chi connectivity index (χ2n) is 9.59. The van der Waals surface area contributed by atoms with Crippen LogP contribution < -0.4 is 10.2 Å². The number of thioether (sulfide) groups is 1. The lowest BCUT2D eigenvalue weighted by atomic mass is 9.87. The minimum atomic E-state index is -0.346. The fourth-order valence-electron chi connectivity index (χ4n) is 4.15. The van der Waals surface area contributed by atoms with Crippen molar-refractivity contribution in [3.05, 3.63) is 82.5 Å². The van der Waals surface area contributed by atoms with E-state index in [1.54, 1.807) is 36.0 Å². The van der Waals surface area contributed by atoms with E-state index in [1.165, 1.54) is 40.9 Å². The molecule has 6 nitrogen and oxygen atoms in total. The normalized spacial score (nSPS) is 16.1. The Morgan fingerprint density at radius 2 is 1.69 bits per heavy atom. The molecule has 0 bridgehead atoms. The molecule has 1 aromatic heterocycles. The van der Waals surface area contributed by atoms with Crippen LogP contribution in [0.25, 0.3) is 0 Å². The summed E-state index contributed by atoms with van der Waals surface area (Å²) in [6, 6.07) is 12.2. The van der Waals surface area contributed by atoms with E-state index in [2.05, 4.69) is 26.1 Å². The van der Waals surface area contributed by atoms with Crippen molar-refractivity contribution in [3.63, 3.8) is 0 Å². The van der Waals surface area contributed by atoms with Crippen LogP contribution in [0.15, 0.2) is 48.5 Å². The Hall–Kier alpha value is -3.20. The van der Waals surface area contributed by atoms with Gasteiger partial charge < -0.3 is 5.32 Å². The first-order valence-corrected chi connectivity index (χ1v) is 12.4. The van der Waals surface area contributed by atoms with Crippen LogP contribution in [0.4, 0.5) is 14.6 Å². The number of fused-ring (bicyclic) bond motifs is 1. The molecule has 0 fully saturated rings. The van der Waals surface area contributed by atoms with Crippen LogP contribution in [-0.2, 0) is 28.6 Å². The maximum Gasteiger partial charge on any atom is 0.240 e. The molecule has 0 radical (unpaired) electrons. The number of aromatic nitrogens is 2. The Balaban J connectivity index is 1.68. The molecule has 2 amide bonds. The maximum absolute atomic E-state index is 13.6. The van der Waals surface area contributed by atoms with Crippen LogP contribution in [0.5, 0.6) is 0 Å². The number of benzene rings is 2. The number of rotatable bonds is 5. The zero-order chi connectivity index (χ0) is 25.3. The van der Waals surface area contributed by atoms with Gasteiger partial charge in [0, 0.05) is 24.6 Å². The first-order chi connectivity index (χ1) is 16.5. The number of carbonyl (C=O) groups is 2. The number of amides is 2. The van der Waals surface area contributed by atoms with Crippen LogP contribution in [0.3, 0.4) is 0 Å². The molecule has 35 heavy (non-hydrogen) atoms. The van der Waals surface area contributed by atoms with Gasteiger partial charge in [0.05, 0.1) is 16.7 Å². The third kappa shape index (κ3) is 5.40. The topological polar surface area (TPSA) is 67.2 Å². The lowest BCUT2D eigenvalue weighted by molar-refractivity contribution is -0.123. The molecule has 9 heteroatoms. The van der Waals surface area contributed by atoms with Gasteiger partial charge in [-0.1, -0.05) is 45.0 Å². The smallest absolute Gasteiger partial charge is 0.240 e. The van der Waals surface area contributed by atoms with Gasteiger partial charge in [-0.2, -0.15) is 5.10 Å². The van der Waals surface area contributed by atoms with Gasteiger partial charge in [0.1, 0.15) is 24.0 Å². The highest BCUT2D eigenvalue weighted by Crippen LogP contribution is 2.47. The molecule has 0 saturated heterocycles. The molecule has 184 valence electrons. The van der Waals surface area contributed by atoms with Crippen LogP contribution in [-0.4, -0.2) is 33.9 Å². The molecule has 2 aromatic carbocycles. The maximum atomic E-state index is 13.6. The summed E-state index contributed by atoms with van der Waals surface area (Å²) in [5.74, 6) is -0.493. The Bertz CT molecular complexity index is 1230. The summed E-state index contributed by atoms with van der Waals surface area (Å²) in [7, 11) is 1.77. The molecular weight excluding hydrogens is 470 g/mol. The molecule has 2 heterocycles. The van der Waals surface area contributed by atoms with E-state index >= 15 is 0 Å². The quantitative estimate of drug-likeness (QED) is 0.563. The molecule has 0 unspecified atom stereocenters. The number of halogens is 2. The van der Waals surface area contributed by atoms with Gasteiger partial charge in [0.25, 0.3) is 0 Å². The predicted molar refractivity (Wildman–Crippen MR) is 133 cm³/mol. The first-order valence-electron chi connectivity index (χ1n) is 11.3. The van der Waals surface area contributed by atoms with Crippen LogP contribution in [0.1, 0.15) is 48.4 Å². The standard InChI is InChI=1S/C26H28F2N4O2S/c1-26(2,3)24-22-23(17-7-11-19(28)12-8-17)35-15-21(34)32(25(22)31(4)30-24)14-20(33)29-13-16-5-9-18(27)10-6-16/h5-12,23H,13-15H2,1-4H3,(H,29,33)/t23-/m0/s1. The van der Waals surface area contributed by atoms with Crippen molar-refractivity contribution in [1.29, 1.82) is 0 Å². The van der Waals surface area contributed by atoms with E-state index < -0.39 is 0 Å². The number of carbonyl (C=O) groups excluding carboxylic acids is 2. The third-order valence-corrected chi connectivity index (χ3v) is 7.09. The minimum Gasteiger partial charge on any atom is -0.350 e. The van der Waals surface area contributed by atoms with E-state index in [0.29, 0.717) is 5.82 Å². The van der Waals surface area contributed by atoms with Crippen LogP contribution in [0, 0.1) is 11.6 Å². The van der Waals surface area contributed by atoms with Gasteiger partial charge >= 0.3 is 0 Å². The summed E-state index contributed by atoms with van der Waals surface area (Å²) in [6.07, 6.45) is 0. The summed E-state index contributed by atoms with van der Waals surface area (Å²) in [5.41, 5.74) is 2.97. The van der Waals surface area contributed by atoms with E-state index in [9.17, 15) is 18.4 Å². The second-order valence-corrected chi connectivity index (χ2v) is 10.7. The van der Waals surface area contributed by atoms with Crippen molar-refractivity contribution in [2.75, 3.05) is 17.2 Å². The van der Waals surface area contributed by atoms with E-state index in [1.807, 2.05) is 0 Å². The van der Waals surface area contributed by atoms with Crippen molar-refractivity contribution >= 4 is 29.4 Å². The molecule has 1 atom stereocenters. The number of hydrogen-bond acceptors (Lipinski definition) is 4. The fraction of sp³-hybridized carbons (Fsp3) is 0.346. The molecule has 1 aliphatic heterocycles. The van der Waals surface area contributed by atoms with Gasteiger partial charge in [0.15, 0.2) is 0 Å². The largest absolute Gasteiger partial charge is 0.350 e. The predicted octanol–water partition coefficient (Wildman–Crippen LogP) is 4.48. The Labute approximate surface area is 207 Å². The van der Waals surface area contributed by atoms with Crippen LogP contribution >= 0.6 is 11.8 Å². The van der Waals surface area contributed by atoms with Crippen LogP contribution in [0.2, 0.25) is 0 Å². The molecule has 1 aliphatic rings. The number of nitrogens with one attached hydrogen (secondary N) is 1. The number of nitrogens with zero attached hydrogens (tertiary/aromatic N) is 3. The summed E-state index contributed by atoms with van der Waals surface area (Å²) < 4.78 is 28.4.